The van der Waals surface area contributed by atoms with E-state index in [1.165, 1.54) is 18.2 Å². The Morgan fingerprint density at radius 2 is 1.86 bits per heavy atom. The SMILES string of the molecule is C=CCNC(=O)[C@H]1CCCN1C(=O)c1ccc(NC(=O)c2ccccc2F)cc1. The highest BCUT2D eigenvalue weighted by Gasteiger charge is 2.34. The molecule has 3 amide bonds. The minimum absolute atomic E-state index is 0.0573. The van der Waals surface area contributed by atoms with E-state index in [0.29, 0.717) is 30.8 Å². The number of nitrogens with one attached hydrogen (secondary N) is 2. The van der Waals surface area contributed by atoms with Crippen molar-refractivity contribution in [3.8, 4) is 0 Å². The molecule has 0 unspecified atom stereocenters. The summed E-state index contributed by atoms with van der Waals surface area (Å²) in [4.78, 5) is 38.8. The van der Waals surface area contributed by atoms with Gasteiger partial charge in [0.1, 0.15) is 11.9 Å². The summed E-state index contributed by atoms with van der Waals surface area (Å²) in [5.41, 5.74) is 0.798. The maximum Gasteiger partial charge on any atom is 0.258 e. The summed E-state index contributed by atoms with van der Waals surface area (Å²) in [5.74, 6) is -1.61. The molecule has 2 N–H and O–H groups in total. The van der Waals surface area contributed by atoms with Crippen LogP contribution in [0.2, 0.25) is 0 Å². The van der Waals surface area contributed by atoms with Crippen LogP contribution in [0, 0.1) is 5.82 Å². The first-order chi connectivity index (χ1) is 14.0. The predicted octanol–water partition coefficient (Wildman–Crippen LogP) is 2.98. The van der Waals surface area contributed by atoms with Crippen molar-refractivity contribution in [2.45, 2.75) is 18.9 Å². The molecule has 0 radical (unpaired) electrons. The van der Waals surface area contributed by atoms with E-state index in [0.717, 1.165) is 6.42 Å². The molecule has 2 aromatic rings. The van der Waals surface area contributed by atoms with E-state index in [1.807, 2.05) is 0 Å². The second-order valence-electron chi connectivity index (χ2n) is 6.70. The van der Waals surface area contributed by atoms with Crippen molar-refractivity contribution in [2.24, 2.45) is 0 Å². The maximum absolute atomic E-state index is 13.7. The Morgan fingerprint density at radius 1 is 1.14 bits per heavy atom. The third kappa shape index (κ3) is 4.68. The number of benzene rings is 2. The molecule has 0 aromatic heterocycles. The number of likely N-dealkylation sites (tertiary alicyclic amines) is 1. The molecule has 29 heavy (non-hydrogen) atoms. The average molecular weight is 395 g/mol. The molecule has 1 aliphatic heterocycles. The number of rotatable bonds is 6. The zero-order chi connectivity index (χ0) is 20.8. The molecular formula is C22H22FN3O3. The van der Waals surface area contributed by atoms with Crippen molar-refractivity contribution in [1.82, 2.24) is 10.2 Å². The number of carbonyl (C=O) groups is 3. The molecule has 7 heteroatoms. The monoisotopic (exact) mass is 395 g/mol. The number of carbonyl (C=O) groups excluding carboxylic acids is 3. The van der Waals surface area contributed by atoms with E-state index in [-0.39, 0.29) is 17.4 Å². The van der Waals surface area contributed by atoms with Gasteiger partial charge in [0.05, 0.1) is 5.56 Å². The van der Waals surface area contributed by atoms with Gasteiger partial charge in [0.15, 0.2) is 0 Å². The van der Waals surface area contributed by atoms with Gasteiger partial charge < -0.3 is 15.5 Å². The number of hydrogen-bond acceptors (Lipinski definition) is 3. The largest absolute Gasteiger partial charge is 0.351 e. The van der Waals surface area contributed by atoms with Crippen LogP contribution in [0.3, 0.4) is 0 Å². The Morgan fingerprint density at radius 3 is 2.55 bits per heavy atom. The molecule has 1 aliphatic rings. The molecule has 6 nitrogen and oxygen atoms in total. The quantitative estimate of drug-likeness (QED) is 0.738. The lowest BCUT2D eigenvalue weighted by molar-refractivity contribution is -0.124. The average Bonchev–Trinajstić information content (AvgIpc) is 3.22. The Bertz CT molecular complexity index is 927. The van der Waals surface area contributed by atoms with Crippen LogP contribution in [0.15, 0.2) is 61.2 Å². The van der Waals surface area contributed by atoms with Gasteiger partial charge in [-0.1, -0.05) is 18.2 Å². The van der Waals surface area contributed by atoms with Gasteiger partial charge in [0.25, 0.3) is 11.8 Å². The van der Waals surface area contributed by atoms with Crippen LogP contribution in [0.25, 0.3) is 0 Å². The molecule has 0 spiro atoms. The molecule has 2 aromatic carbocycles. The van der Waals surface area contributed by atoms with Crippen molar-refractivity contribution in [1.29, 1.82) is 0 Å². The molecule has 1 saturated heterocycles. The van der Waals surface area contributed by atoms with E-state index >= 15 is 0 Å². The van der Waals surface area contributed by atoms with Crippen LogP contribution in [-0.4, -0.2) is 41.8 Å². The minimum Gasteiger partial charge on any atom is -0.351 e. The van der Waals surface area contributed by atoms with Crippen LogP contribution in [0.4, 0.5) is 10.1 Å². The van der Waals surface area contributed by atoms with Crippen LogP contribution < -0.4 is 10.6 Å². The van der Waals surface area contributed by atoms with E-state index < -0.39 is 17.8 Å². The third-order valence-corrected chi connectivity index (χ3v) is 4.75. The maximum atomic E-state index is 13.7. The fourth-order valence-electron chi connectivity index (χ4n) is 3.28. The fraction of sp³-hybridized carbons (Fsp3) is 0.227. The number of hydrogen-bond donors (Lipinski definition) is 2. The van der Waals surface area contributed by atoms with Gasteiger partial charge in [0, 0.05) is 24.3 Å². The standard InChI is InChI=1S/C22H22FN3O3/c1-2-13-24-21(28)19-8-5-14-26(19)22(29)15-9-11-16(12-10-15)25-20(27)17-6-3-4-7-18(17)23/h2-4,6-7,9-12,19H,1,5,8,13-14H2,(H,24,28)(H,25,27)/t19-/m1/s1. The van der Waals surface area contributed by atoms with Gasteiger partial charge in [-0.15, -0.1) is 6.58 Å². The molecule has 1 atom stereocenters. The van der Waals surface area contributed by atoms with Crippen LogP contribution >= 0.6 is 0 Å². The Hall–Kier alpha value is -3.48. The van der Waals surface area contributed by atoms with Crippen molar-refractivity contribution < 1.29 is 18.8 Å². The topological polar surface area (TPSA) is 78.5 Å². The van der Waals surface area contributed by atoms with E-state index in [2.05, 4.69) is 17.2 Å². The lowest BCUT2D eigenvalue weighted by atomic mass is 10.1. The Kier molecular flexibility index (Phi) is 6.39. The smallest absolute Gasteiger partial charge is 0.258 e. The summed E-state index contributed by atoms with van der Waals surface area (Å²) in [5, 5.41) is 5.34. The zero-order valence-corrected chi connectivity index (χ0v) is 15.9. The van der Waals surface area contributed by atoms with Crippen molar-refractivity contribution in [3.63, 3.8) is 0 Å². The lowest BCUT2D eigenvalue weighted by Crippen LogP contribution is -2.46. The first kappa shape index (κ1) is 20.3. The normalized spacial score (nSPS) is 15.6. The van der Waals surface area contributed by atoms with Gasteiger partial charge in [-0.3, -0.25) is 14.4 Å². The van der Waals surface area contributed by atoms with Crippen LogP contribution in [0.1, 0.15) is 33.6 Å². The highest BCUT2D eigenvalue weighted by Crippen LogP contribution is 2.21. The van der Waals surface area contributed by atoms with E-state index in [4.69, 9.17) is 0 Å². The second kappa shape index (κ2) is 9.14. The van der Waals surface area contributed by atoms with Gasteiger partial charge in [-0.2, -0.15) is 0 Å². The van der Waals surface area contributed by atoms with Gasteiger partial charge in [0.2, 0.25) is 5.91 Å². The summed E-state index contributed by atoms with van der Waals surface area (Å²) in [6.45, 7) is 4.43. The lowest BCUT2D eigenvalue weighted by Gasteiger charge is -2.24. The van der Waals surface area contributed by atoms with Gasteiger partial charge >= 0.3 is 0 Å². The molecule has 0 saturated carbocycles. The minimum atomic E-state index is -0.605. The summed E-state index contributed by atoms with van der Waals surface area (Å²) >= 11 is 0. The zero-order valence-electron chi connectivity index (χ0n) is 15.9. The second-order valence-corrected chi connectivity index (χ2v) is 6.70. The summed E-state index contributed by atoms with van der Waals surface area (Å²) in [7, 11) is 0. The van der Waals surface area contributed by atoms with E-state index in [9.17, 15) is 18.8 Å². The van der Waals surface area contributed by atoms with Crippen molar-refractivity contribution in [3.05, 3.63) is 78.1 Å². The highest BCUT2D eigenvalue weighted by molar-refractivity contribution is 6.05. The van der Waals surface area contributed by atoms with Crippen molar-refractivity contribution >= 4 is 23.4 Å². The molecule has 0 aliphatic carbocycles. The fourth-order valence-corrected chi connectivity index (χ4v) is 3.28. The number of halogens is 1. The Labute approximate surface area is 168 Å². The third-order valence-electron chi connectivity index (χ3n) is 4.75. The molecule has 1 fully saturated rings. The Balaban J connectivity index is 1.67. The van der Waals surface area contributed by atoms with Crippen LogP contribution in [-0.2, 0) is 4.79 Å². The number of amides is 3. The van der Waals surface area contributed by atoms with E-state index in [1.54, 1.807) is 41.3 Å². The molecule has 0 bridgehead atoms. The molecule has 3 rings (SSSR count). The summed E-state index contributed by atoms with van der Waals surface area (Å²) in [6.07, 6.45) is 2.97. The molecule has 150 valence electrons. The first-order valence-electron chi connectivity index (χ1n) is 9.37. The molecule has 1 heterocycles. The van der Waals surface area contributed by atoms with Crippen LogP contribution in [0.5, 0.6) is 0 Å². The first-order valence-corrected chi connectivity index (χ1v) is 9.37. The summed E-state index contributed by atoms with van der Waals surface area (Å²) < 4.78 is 13.7. The molecular weight excluding hydrogens is 373 g/mol. The van der Waals surface area contributed by atoms with Gasteiger partial charge in [-0.25, -0.2) is 4.39 Å². The van der Waals surface area contributed by atoms with Crippen molar-refractivity contribution in [2.75, 3.05) is 18.4 Å². The summed E-state index contributed by atoms with van der Waals surface area (Å²) in [6, 6.07) is 11.5. The number of nitrogens with zero attached hydrogens (tertiary/aromatic N) is 1. The highest BCUT2D eigenvalue weighted by atomic mass is 19.1. The van der Waals surface area contributed by atoms with Gasteiger partial charge in [-0.05, 0) is 49.2 Å². The number of anilines is 1. The predicted molar refractivity (Wildman–Crippen MR) is 108 cm³/mol.